The van der Waals surface area contributed by atoms with Crippen molar-refractivity contribution in [3.05, 3.63) is 52.0 Å². The standard InChI is InChI=1S/C12H9FN2S/c13-9-2-1-3-10(6-9)15-8-12-5-4-11(7-14)16-12/h1-6,15H,8H2. The van der Waals surface area contributed by atoms with Gasteiger partial charge in [0, 0.05) is 17.1 Å². The molecule has 0 aliphatic rings. The van der Waals surface area contributed by atoms with Crippen molar-refractivity contribution < 1.29 is 4.39 Å². The first-order valence-corrected chi connectivity index (χ1v) is 5.58. The molecule has 4 heteroatoms. The summed E-state index contributed by atoms with van der Waals surface area (Å²) in [6, 6.07) is 12.1. The predicted octanol–water partition coefficient (Wildman–Crippen LogP) is 3.37. The number of thiophene rings is 1. The minimum Gasteiger partial charge on any atom is -0.380 e. The summed E-state index contributed by atoms with van der Waals surface area (Å²) in [4.78, 5) is 1.75. The molecule has 0 aliphatic carbocycles. The van der Waals surface area contributed by atoms with Gasteiger partial charge in [-0.2, -0.15) is 5.26 Å². The second kappa shape index (κ2) is 4.77. The van der Waals surface area contributed by atoms with Gasteiger partial charge in [-0.3, -0.25) is 0 Å². The number of hydrogen-bond acceptors (Lipinski definition) is 3. The topological polar surface area (TPSA) is 35.8 Å². The zero-order valence-electron chi connectivity index (χ0n) is 8.40. The van der Waals surface area contributed by atoms with Crippen molar-refractivity contribution in [3.8, 4) is 6.07 Å². The Kier molecular flexibility index (Phi) is 3.18. The van der Waals surface area contributed by atoms with Crippen molar-refractivity contribution >= 4 is 17.0 Å². The predicted molar refractivity (Wildman–Crippen MR) is 62.8 cm³/mol. The van der Waals surface area contributed by atoms with E-state index in [4.69, 9.17) is 5.26 Å². The molecule has 0 fully saturated rings. The third kappa shape index (κ3) is 2.59. The molecule has 0 saturated heterocycles. The molecule has 0 spiro atoms. The highest BCUT2D eigenvalue weighted by atomic mass is 32.1. The highest BCUT2D eigenvalue weighted by Crippen LogP contribution is 2.17. The monoisotopic (exact) mass is 232 g/mol. The van der Waals surface area contributed by atoms with Gasteiger partial charge in [-0.15, -0.1) is 11.3 Å². The zero-order chi connectivity index (χ0) is 11.4. The van der Waals surface area contributed by atoms with Crippen molar-refractivity contribution in [2.75, 3.05) is 5.32 Å². The van der Waals surface area contributed by atoms with E-state index >= 15 is 0 Å². The lowest BCUT2D eigenvalue weighted by molar-refractivity contribution is 0.628. The second-order valence-corrected chi connectivity index (χ2v) is 4.41. The van der Waals surface area contributed by atoms with Gasteiger partial charge < -0.3 is 5.32 Å². The van der Waals surface area contributed by atoms with Gasteiger partial charge in [-0.05, 0) is 30.3 Å². The molecular weight excluding hydrogens is 223 g/mol. The van der Waals surface area contributed by atoms with E-state index in [1.165, 1.54) is 23.5 Å². The summed E-state index contributed by atoms with van der Waals surface area (Å²) in [5, 5.41) is 11.8. The molecule has 1 aromatic heterocycles. The molecule has 1 heterocycles. The van der Waals surface area contributed by atoms with Crippen LogP contribution in [0.3, 0.4) is 0 Å². The van der Waals surface area contributed by atoms with Crippen LogP contribution in [-0.4, -0.2) is 0 Å². The van der Waals surface area contributed by atoms with Crippen LogP contribution in [0.1, 0.15) is 9.75 Å². The third-order valence-corrected chi connectivity index (χ3v) is 3.05. The van der Waals surface area contributed by atoms with Crippen LogP contribution in [0.15, 0.2) is 36.4 Å². The van der Waals surface area contributed by atoms with E-state index in [1.54, 1.807) is 12.1 Å². The molecule has 0 aliphatic heterocycles. The van der Waals surface area contributed by atoms with Gasteiger partial charge in [0.2, 0.25) is 0 Å². The van der Waals surface area contributed by atoms with Crippen LogP contribution in [-0.2, 0) is 6.54 Å². The average molecular weight is 232 g/mol. The first-order valence-electron chi connectivity index (χ1n) is 4.76. The Morgan fingerprint density at radius 2 is 2.19 bits per heavy atom. The molecule has 2 nitrogen and oxygen atoms in total. The van der Waals surface area contributed by atoms with Gasteiger partial charge in [-0.25, -0.2) is 4.39 Å². The van der Waals surface area contributed by atoms with E-state index in [1.807, 2.05) is 12.1 Å². The molecule has 0 amide bonds. The maximum Gasteiger partial charge on any atom is 0.125 e. The van der Waals surface area contributed by atoms with Crippen LogP contribution in [0, 0.1) is 17.1 Å². The van der Waals surface area contributed by atoms with Crippen molar-refractivity contribution in [1.29, 1.82) is 5.26 Å². The summed E-state index contributed by atoms with van der Waals surface area (Å²) in [5.41, 5.74) is 0.743. The van der Waals surface area contributed by atoms with Crippen molar-refractivity contribution in [2.45, 2.75) is 6.54 Å². The maximum absolute atomic E-state index is 12.9. The van der Waals surface area contributed by atoms with E-state index in [-0.39, 0.29) is 5.82 Å². The van der Waals surface area contributed by atoms with E-state index in [2.05, 4.69) is 11.4 Å². The lowest BCUT2D eigenvalue weighted by Crippen LogP contribution is -1.97. The molecule has 0 unspecified atom stereocenters. The molecule has 0 saturated carbocycles. The number of halogens is 1. The minimum atomic E-state index is -0.256. The summed E-state index contributed by atoms with van der Waals surface area (Å²) in [6.45, 7) is 0.607. The van der Waals surface area contributed by atoms with E-state index in [0.29, 0.717) is 11.4 Å². The van der Waals surface area contributed by atoms with E-state index in [9.17, 15) is 4.39 Å². The normalized spacial score (nSPS) is 9.75. The van der Waals surface area contributed by atoms with Gasteiger partial charge in [0.05, 0.1) is 0 Å². The molecule has 80 valence electrons. The number of anilines is 1. The highest BCUT2D eigenvalue weighted by Gasteiger charge is 1.99. The maximum atomic E-state index is 12.9. The number of nitrogens with zero attached hydrogens (tertiary/aromatic N) is 1. The fourth-order valence-corrected chi connectivity index (χ4v) is 2.07. The van der Waals surface area contributed by atoms with Crippen LogP contribution in [0.5, 0.6) is 0 Å². The molecule has 1 aromatic carbocycles. The number of benzene rings is 1. The SMILES string of the molecule is N#Cc1ccc(CNc2cccc(F)c2)s1. The number of nitriles is 1. The minimum absolute atomic E-state index is 0.256. The van der Waals surface area contributed by atoms with E-state index < -0.39 is 0 Å². The van der Waals surface area contributed by atoms with Crippen molar-refractivity contribution in [3.63, 3.8) is 0 Å². The van der Waals surface area contributed by atoms with Crippen LogP contribution in [0.25, 0.3) is 0 Å². The number of hydrogen-bond donors (Lipinski definition) is 1. The molecular formula is C12H9FN2S. The fourth-order valence-electron chi connectivity index (χ4n) is 1.32. The summed E-state index contributed by atoms with van der Waals surface area (Å²) in [5.74, 6) is -0.256. The Bertz CT molecular complexity index is 528. The summed E-state index contributed by atoms with van der Waals surface area (Å²) in [7, 11) is 0. The average Bonchev–Trinajstić information content (AvgIpc) is 2.74. The Hall–Kier alpha value is -1.86. The lowest BCUT2D eigenvalue weighted by Gasteiger charge is -2.03. The van der Waals surface area contributed by atoms with E-state index in [0.717, 1.165) is 10.6 Å². The molecule has 1 N–H and O–H groups in total. The summed E-state index contributed by atoms with van der Waals surface area (Å²) < 4.78 is 12.9. The summed E-state index contributed by atoms with van der Waals surface area (Å²) in [6.07, 6.45) is 0. The molecule has 2 aromatic rings. The summed E-state index contributed by atoms with van der Waals surface area (Å²) >= 11 is 1.44. The lowest BCUT2D eigenvalue weighted by atomic mass is 10.3. The van der Waals surface area contributed by atoms with Crippen LogP contribution >= 0.6 is 11.3 Å². The Morgan fingerprint density at radius 3 is 2.88 bits per heavy atom. The molecule has 16 heavy (non-hydrogen) atoms. The largest absolute Gasteiger partial charge is 0.380 e. The smallest absolute Gasteiger partial charge is 0.125 e. The number of rotatable bonds is 3. The van der Waals surface area contributed by atoms with Crippen LogP contribution in [0.4, 0.5) is 10.1 Å². The van der Waals surface area contributed by atoms with Crippen LogP contribution < -0.4 is 5.32 Å². The third-order valence-electron chi connectivity index (χ3n) is 2.06. The fraction of sp³-hybridized carbons (Fsp3) is 0.0833. The van der Waals surface area contributed by atoms with Gasteiger partial charge in [-0.1, -0.05) is 6.07 Å². The molecule has 0 bridgehead atoms. The molecule has 2 rings (SSSR count). The Labute approximate surface area is 97.0 Å². The van der Waals surface area contributed by atoms with Gasteiger partial charge in [0.15, 0.2) is 0 Å². The Balaban J connectivity index is 2.00. The first kappa shape index (κ1) is 10.7. The zero-order valence-corrected chi connectivity index (χ0v) is 9.22. The van der Waals surface area contributed by atoms with Crippen molar-refractivity contribution in [2.24, 2.45) is 0 Å². The van der Waals surface area contributed by atoms with Gasteiger partial charge in [0.1, 0.15) is 16.8 Å². The van der Waals surface area contributed by atoms with Crippen LogP contribution in [0.2, 0.25) is 0 Å². The highest BCUT2D eigenvalue weighted by molar-refractivity contribution is 7.12. The number of nitrogens with one attached hydrogen (secondary N) is 1. The first-order chi connectivity index (χ1) is 7.78. The molecule has 0 atom stereocenters. The van der Waals surface area contributed by atoms with Gasteiger partial charge in [0.25, 0.3) is 0 Å². The van der Waals surface area contributed by atoms with Crippen molar-refractivity contribution in [1.82, 2.24) is 0 Å². The molecule has 0 radical (unpaired) electrons. The quantitative estimate of drug-likeness (QED) is 0.880. The Morgan fingerprint density at radius 1 is 1.31 bits per heavy atom. The van der Waals surface area contributed by atoms with Gasteiger partial charge >= 0.3 is 0 Å². The second-order valence-electron chi connectivity index (χ2n) is 3.24.